The molecule has 154 valence electrons. The number of nitrogens with one attached hydrogen (secondary N) is 2. The van der Waals surface area contributed by atoms with Gasteiger partial charge in [-0.1, -0.05) is 18.2 Å². The van der Waals surface area contributed by atoms with Crippen LogP contribution in [0, 0.1) is 10.1 Å². The number of hydrogen-bond donors (Lipinski definition) is 2. The zero-order valence-corrected chi connectivity index (χ0v) is 15.7. The van der Waals surface area contributed by atoms with Gasteiger partial charge in [-0.2, -0.15) is 0 Å². The molecule has 10 nitrogen and oxygen atoms in total. The fourth-order valence-corrected chi connectivity index (χ4v) is 3.18. The number of amides is 1. The number of fused-ring (bicyclic) bond motifs is 2. The molecule has 2 aromatic carbocycles. The molecule has 0 radical (unpaired) electrons. The zero-order chi connectivity index (χ0) is 21.1. The van der Waals surface area contributed by atoms with Crippen LogP contribution in [0.2, 0.25) is 0 Å². The van der Waals surface area contributed by atoms with Crippen LogP contribution in [0.25, 0.3) is 10.9 Å². The quantitative estimate of drug-likeness (QED) is 0.346. The third-order valence-corrected chi connectivity index (χ3v) is 4.63. The van der Waals surface area contributed by atoms with Crippen molar-refractivity contribution in [3.8, 4) is 11.5 Å². The maximum absolute atomic E-state index is 12.3. The number of carbonyl (C=O) groups is 2. The fourth-order valence-electron chi connectivity index (χ4n) is 3.18. The first-order valence-electron chi connectivity index (χ1n) is 9.10. The average Bonchev–Trinajstić information content (AvgIpc) is 3.37. The van der Waals surface area contributed by atoms with E-state index in [0.29, 0.717) is 13.0 Å². The lowest BCUT2D eigenvalue weighted by molar-refractivity contribution is -0.385. The predicted molar refractivity (Wildman–Crippen MR) is 105 cm³/mol. The van der Waals surface area contributed by atoms with Gasteiger partial charge in [-0.05, 0) is 18.1 Å². The van der Waals surface area contributed by atoms with Crippen LogP contribution in [0.5, 0.6) is 11.5 Å². The highest BCUT2D eigenvalue weighted by molar-refractivity contribution is 5.96. The number of hydrogen-bond acceptors (Lipinski definition) is 7. The standard InChI is InChI=1S/C20H17N3O7/c24-19(21-6-5-12-9-22-15-4-2-1-3-13(12)15)10-28-20(25)14-7-17-18(30-11-29-17)8-16(14)23(26)27/h1-4,7-9,22H,5-6,10-11H2,(H,21,24). The van der Waals surface area contributed by atoms with E-state index >= 15 is 0 Å². The molecule has 1 aromatic heterocycles. The van der Waals surface area contributed by atoms with Gasteiger partial charge in [-0.3, -0.25) is 14.9 Å². The van der Waals surface area contributed by atoms with E-state index < -0.39 is 29.1 Å². The van der Waals surface area contributed by atoms with Gasteiger partial charge in [0.05, 0.1) is 11.0 Å². The summed E-state index contributed by atoms with van der Waals surface area (Å²) in [5.74, 6) is -1.12. The van der Waals surface area contributed by atoms with E-state index in [0.717, 1.165) is 22.5 Å². The summed E-state index contributed by atoms with van der Waals surface area (Å²) in [7, 11) is 0. The monoisotopic (exact) mass is 411 g/mol. The van der Waals surface area contributed by atoms with Crippen molar-refractivity contribution in [2.75, 3.05) is 19.9 Å². The summed E-state index contributed by atoms with van der Waals surface area (Å²) >= 11 is 0. The number of esters is 1. The Bertz CT molecular complexity index is 1140. The molecule has 0 fully saturated rings. The van der Waals surface area contributed by atoms with Crippen LogP contribution >= 0.6 is 0 Å². The molecule has 2 N–H and O–H groups in total. The number of rotatable bonds is 7. The molecule has 10 heteroatoms. The average molecular weight is 411 g/mol. The Morgan fingerprint density at radius 1 is 1.20 bits per heavy atom. The third kappa shape index (κ3) is 3.88. The number of aromatic amines is 1. The highest BCUT2D eigenvalue weighted by Crippen LogP contribution is 2.38. The number of ether oxygens (including phenoxy) is 3. The van der Waals surface area contributed by atoms with Crippen molar-refractivity contribution in [1.82, 2.24) is 10.3 Å². The Labute approximate surface area is 169 Å². The normalized spacial score (nSPS) is 12.0. The second-order valence-electron chi connectivity index (χ2n) is 6.52. The lowest BCUT2D eigenvalue weighted by Gasteiger charge is -2.07. The van der Waals surface area contributed by atoms with E-state index in [9.17, 15) is 19.7 Å². The number of nitro groups is 1. The first kappa shape index (κ1) is 19.2. The molecular weight excluding hydrogens is 394 g/mol. The van der Waals surface area contributed by atoms with Gasteiger partial charge >= 0.3 is 5.97 Å². The maximum Gasteiger partial charge on any atom is 0.345 e. The lowest BCUT2D eigenvalue weighted by atomic mass is 10.1. The number of carbonyl (C=O) groups excluding carboxylic acids is 2. The van der Waals surface area contributed by atoms with Gasteiger partial charge < -0.3 is 24.5 Å². The molecule has 1 amide bonds. The highest BCUT2D eigenvalue weighted by Gasteiger charge is 2.28. The summed E-state index contributed by atoms with van der Waals surface area (Å²) in [5.41, 5.74) is 1.27. The van der Waals surface area contributed by atoms with Gasteiger partial charge in [0.2, 0.25) is 6.79 Å². The van der Waals surface area contributed by atoms with E-state index in [-0.39, 0.29) is 23.9 Å². The minimum atomic E-state index is -0.994. The van der Waals surface area contributed by atoms with Crippen LogP contribution in [-0.4, -0.2) is 41.7 Å². The van der Waals surface area contributed by atoms with Gasteiger partial charge in [-0.25, -0.2) is 4.79 Å². The Morgan fingerprint density at radius 3 is 2.77 bits per heavy atom. The molecule has 0 bridgehead atoms. The number of benzene rings is 2. The fraction of sp³-hybridized carbons (Fsp3) is 0.200. The van der Waals surface area contributed by atoms with Crippen LogP contribution in [0.4, 0.5) is 5.69 Å². The van der Waals surface area contributed by atoms with Crippen LogP contribution in [0.3, 0.4) is 0 Å². The van der Waals surface area contributed by atoms with Crippen molar-refractivity contribution < 1.29 is 28.7 Å². The molecule has 0 saturated carbocycles. The predicted octanol–water partition coefficient (Wildman–Crippen LogP) is 2.32. The molecule has 1 aliphatic rings. The van der Waals surface area contributed by atoms with E-state index in [4.69, 9.17) is 14.2 Å². The number of nitro benzene ring substituents is 1. The minimum Gasteiger partial charge on any atom is -0.454 e. The molecule has 0 atom stereocenters. The Kier molecular flexibility index (Phi) is 5.21. The highest BCUT2D eigenvalue weighted by atomic mass is 16.7. The van der Waals surface area contributed by atoms with E-state index in [1.807, 2.05) is 30.5 Å². The number of H-pyrrole nitrogens is 1. The molecule has 3 aromatic rings. The number of para-hydroxylation sites is 1. The van der Waals surface area contributed by atoms with Crippen molar-refractivity contribution in [3.63, 3.8) is 0 Å². The number of aromatic nitrogens is 1. The summed E-state index contributed by atoms with van der Waals surface area (Å²) in [5, 5.41) is 15.0. The molecule has 0 spiro atoms. The Balaban J connectivity index is 1.32. The van der Waals surface area contributed by atoms with Gasteiger partial charge in [0.1, 0.15) is 5.56 Å². The summed E-state index contributed by atoms with van der Waals surface area (Å²) in [6.45, 7) is -0.301. The topological polar surface area (TPSA) is 133 Å². The number of nitrogens with zero attached hydrogens (tertiary/aromatic N) is 1. The Morgan fingerprint density at radius 2 is 1.97 bits per heavy atom. The van der Waals surface area contributed by atoms with Crippen molar-refractivity contribution >= 4 is 28.5 Å². The van der Waals surface area contributed by atoms with Crippen molar-refractivity contribution in [1.29, 1.82) is 0 Å². The van der Waals surface area contributed by atoms with Crippen molar-refractivity contribution in [2.24, 2.45) is 0 Å². The lowest BCUT2D eigenvalue weighted by Crippen LogP contribution is -2.30. The molecule has 0 saturated heterocycles. The summed E-state index contributed by atoms with van der Waals surface area (Å²) < 4.78 is 15.2. The SMILES string of the molecule is O=C(COC(=O)c1cc2c(cc1[N+](=O)[O-])OCO2)NCCc1c[nH]c2ccccc12. The summed E-state index contributed by atoms with van der Waals surface area (Å²) in [6.07, 6.45) is 2.48. The molecule has 0 unspecified atom stereocenters. The van der Waals surface area contributed by atoms with Crippen LogP contribution in [0.15, 0.2) is 42.6 Å². The molecule has 30 heavy (non-hydrogen) atoms. The summed E-state index contributed by atoms with van der Waals surface area (Å²) in [4.78, 5) is 37.9. The largest absolute Gasteiger partial charge is 0.454 e. The minimum absolute atomic E-state index is 0.0934. The van der Waals surface area contributed by atoms with E-state index in [1.165, 1.54) is 6.07 Å². The van der Waals surface area contributed by atoms with Gasteiger partial charge in [-0.15, -0.1) is 0 Å². The van der Waals surface area contributed by atoms with Gasteiger partial charge in [0, 0.05) is 29.7 Å². The Hall–Kier alpha value is -4.08. The van der Waals surface area contributed by atoms with Crippen molar-refractivity contribution in [3.05, 3.63) is 63.8 Å². The molecule has 2 heterocycles. The summed E-state index contributed by atoms with van der Waals surface area (Å²) in [6, 6.07) is 10.1. The second kappa shape index (κ2) is 8.11. The van der Waals surface area contributed by atoms with Gasteiger partial charge in [0.25, 0.3) is 11.6 Å². The first-order valence-corrected chi connectivity index (χ1v) is 9.10. The third-order valence-electron chi connectivity index (χ3n) is 4.63. The molecular formula is C20H17N3O7. The van der Waals surface area contributed by atoms with E-state index in [2.05, 4.69) is 10.3 Å². The first-order chi connectivity index (χ1) is 14.5. The van der Waals surface area contributed by atoms with Crippen LogP contribution < -0.4 is 14.8 Å². The molecule has 1 aliphatic heterocycles. The van der Waals surface area contributed by atoms with E-state index in [1.54, 1.807) is 0 Å². The zero-order valence-electron chi connectivity index (χ0n) is 15.7. The molecule has 0 aliphatic carbocycles. The van der Waals surface area contributed by atoms with Crippen LogP contribution in [0.1, 0.15) is 15.9 Å². The van der Waals surface area contributed by atoms with Crippen LogP contribution in [-0.2, 0) is 16.0 Å². The van der Waals surface area contributed by atoms with Gasteiger partial charge in [0.15, 0.2) is 18.1 Å². The second-order valence-corrected chi connectivity index (χ2v) is 6.52. The molecule has 4 rings (SSSR count). The van der Waals surface area contributed by atoms with Crippen molar-refractivity contribution in [2.45, 2.75) is 6.42 Å². The smallest absolute Gasteiger partial charge is 0.345 e. The maximum atomic E-state index is 12.3.